The normalized spacial score (nSPS) is 23.3. The molecular weight excluding hydrogens is 302 g/mol. The van der Waals surface area contributed by atoms with Crippen LogP contribution in [0.4, 0.5) is 5.69 Å². The molecule has 132 valence electrons. The summed E-state index contributed by atoms with van der Waals surface area (Å²) in [5.41, 5.74) is 1.29. The first-order valence-corrected chi connectivity index (χ1v) is 9.04. The summed E-state index contributed by atoms with van der Waals surface area (Å²) in [6, 6.07) is 11.1. The summed E-state index contributed by atoms with van der Waals surface area (Å²) < 4.78 is 6.31. The number of carbonyl (C=O) groups excluding carboxylic acids is 1. The second-order valence-corrected chi connectivity index (χ2v) is 6.92. The zero-order valence-corrected chi connectivity index (χ0v) is 14.8. The quantitative estimate of drug-likeness (QED) is 0.895. The van der Waals surface area contributed by atoms with Crippen molar-refractivity contribution in [2.45, 2.75) is 37.8 Å². The van der Waals surface area contributed by atoms with Gasteiger partial charge in [0.05, 0.1) is 24.8 Å². The van der Waals surface area contributed by atoms with Gasteiger partial charge in [0.2, 0.25) is 5.91 Å². The molecule has 2 heterocycles. The minimum absolute atomic E-state index is 0.00601. The number of likely N-dealkylation sites (tertiary alicyclic amines) is 1. The van der Waals surface area contributed by atoms with E-state index in [0.29, 0.717) is 12.6 Å². The van der Waals surface area contributed by atoms with Crippen LogP contribution in [0, 0.1) is 0 Å². The standard InChI is InChI=1S/C19H29N3O2/c1-3-22(16-7-5-4-6-8-16)17-13-19(24-15-17)9-11-21(12-10-19)14-18(23)20-2/h4-8,17H,3,9-15H2,1-2H3,(H,20,23). The van der Waals surface area contributed by atoms with Gasteiger partial charge in [-0.1, -0.05) is 18.2 Å². The number of anilines is 1. The van der Waals surface area contributed by atoms with Crippen LogP contribution in [0.2, 0.25) is 0 Å². The number of amides is 1. The average Bonchev–Trinajstić information content (AvgIpc) is 3.02. The maximum atomic E-state index is 11.5. The average molecular weight is 331 g/mol. The molecule has 1 aromatic rings. The lowest BCUT2D eigenvalue weighted by Crippen LogP contribution is -2.47. The molecule has 0 saturated carbocycles. The Bertz CT molecular complexity index is 541. The van der Waals surface area contributed by atoms with E-state index in [0.717, 1.165) is 45.5 Å². The van der Waals surface area contributed by atoms with Crippen molar-refractivity contribution in [2.75, 3.05) is 44.7 Å². The zero-order chi connectivity index (χ0) is 17.0. The highest BCUT2D eigenvalue weighted by molar-refractivity contribution is 5.77. The molecule has 2 aliphatic rings. The molecule has 5 heteroatoms. The van der Waals surface area contributed by atoms with Crippen molar-refractivity contribution in [3.8, 4) is 0 Å². The smallest absolute Gasteiger partial charge is 0.233 e. The molecule has 1 N–H and O–H groups in total. The van der Waals surface area contributed by atoms with Gasteiger partial charge < -0.3 is 15.0 Å². The van der Waals surface area contributed by atoms with Crippen molar-refractivity contribution >= 4 is 11.6 Å². The first kappa shape index (κ1) is 17.2. The predicted molar refractivity (Wildman–Crippen MR) is 96.3 cm³/mol. The molecule has 0 radical (unpaired) electrons. The van der Waals surface area contributed by atoms with E-state index in [1.54, 1.807) is 7.05 Å². The Hall–Kier alpha value is -1.59. The van der Waals surface area contributed by atoms with Gasteiger partial charge in [0.15, 0.2) is 0 Å². The van der Waals surface area contributed by atoms with Gasteiger partial charge in [-0.3, -0.25) is 9.69 Å². The number of nitrogens with zero attached hydrogens (tertiary/aromatic N) is 2. The van der Waals surface area contributed by atoms with Crippen LogP contribution in [-0.4, -0.2) is 62.3 Å². The predicted octanol–water partition coefficient (Wildman–Crippen LogP) is 1.88. The summed E-state index contributed by atoms with van der Waals surface area (Å²) in [5.74, 6) is 0.0948. The monoisotopic (exact) mass is 331 g/mol. The lowest BCUT2D eigenvalue weighted by Gasteiger charge is -2.39. The molecule has 1 aromatic carbocycles. The van der Waals surface area contributed by atoms with Crippen LogP contribution in [0.1, 0.15) is 26.2 Å². The zero-order valence-electron chi connectivity index (χ0n) is 14.8. The van der Waals surface area contributed by atoms with Crippen molar-refractivity contribution in [2.24, 2.45) is 0 Å². The van der Waals surface area contributed by atoms with Gasteiger partial charge in [-0.25, -0.2) is 0 Å². The van der Waals surface area contributed by atoms with Crippen LogP contribution in [0.15, 0.2) is 30.3 Å². The third-order valence-corrected chi connectivity index (χ3v) is 5.47. The highest BCUT2D eigenvalue weighted by Gasteiger charge is 2.44. The minimum Gasteiger partial charge on any atom is -0.373 e. The molecule has 0 bridgehead atoms. The first-order chi connectivity index (χ1) is 11.7. The Labute approximate surface area is 145 Å². The third kappa shape index (κ3) is 3.73. The number of nitrogens with one attached hydrogen (secondary N) is 1. The fourth-order valence-corrected chi connectivity index (χ4v) is 4.04. The summed E-state index contributed by atoms with van der Waals surface area (Å²) in [6.45, 7) is 6.40. The van der Waals surface area contributed by atoms with Gasteiger partial charge in [-0.2, -0.15) is 0 Å². The summed E-state index contributed by atoms with van der Waals surface area (Å²) in [6.07, 6.45) is 3.13. The topological polar surface area (TPSA) is 44.8 Å². The number of ether oxygens (including phenoxy) is 1. The van der Waals surface area contributed by atoms with Gasteiger partial charge in [0.25, 0.3) is 0 Å². The van der Waals surface area contributed by atoms with Crippen LogP contribution in [0.3, 0.4) is 0 Å². The molecule has 2 fully saturated rings. The van der Waals surface area contributed by atoms with E-state index < -0.39 is 0 Å². The summed E-state index contributed by atoms with van der Waals surface area (Å²) in [5, 5.41) is 2.70. The lowest BCUT2D eigenvalue weighted by atomic mass is 9.87. The van der Waals surface area contributed by atoms with Crippen molar-refractivity contribution in [3.63, 3.8) is 0 Å². The third-order valence-electron chi connectivity index (χ3n) is 5.47. The molecule has 0 aliphatic carbocycles. The molecule has 1 atom stereocenters. The van der Waals surface area contributed by atoms with Crippen LogP contribution >= 0.6 is 0 Å². The van der Waals surface area contributed by atoms with Crippen molar-refractivity contribution < 1.29 is 9.53 Å². The molecule has 1 unspecified atom stereocenters. The van der Waals surface area contributed by atoms with Gasteiger partial charge >= 0.3 is 0 Å². The van der Waals surface area contributed by atoms with Gasteiger partial charge in [0.1, 0.15) is 0 Å². The van der Waals surface area contributed by atoms with Crippen LogP contribution < -0.4 is 10.2 Å². The Morgan fingerprint density at radius 1 is 1.33 bits per heavy atom. The molecular formula is C19H29N3O2. The Kier molecular flexibility index (Phi) is 5.41. The number of likely N-dealkylation sites (N-methyl/N-ethyl adjacent to an activating group) is 2. The Morgan fingerprint density at radius 3 is 2.67 bits per heavy atom. The molecule has 1 spiro atoms. The van der Waals surface area contributed by atoms with E-state index in [1.807, 2.05) is 0 Å². The first-order valence-electron chi connectivity index (χ1n) is 9.04. The highest BCUT2D eigenvalue weighted by atomic mass is 16.5. The van der Waals surface area contributed by atoms with E-state index in [-0.39, 0.29) is 11.5 Å². The Morgan fingerprint density at radius 2 is 2.04 bits per heavy atom. The number of piperidine rings is 1. The van der Waals surface area contributed by atoms with Crippen LogP contribution in [-0.2, 0) is 9.53 Å². The number of benzene rings is 1. The van der Waals surface area contributed by atoms with Gasteiger partial charge in [-0.05, 0) is 38.3 Å². The van der Waals surface area contributed by atoms with Gasteiger partial charge in [0, 0.05) is 32.4 Å². The number of rotatable bonds is 5. The molecule has 0 aromatic heterocycles. The van der Waals surface area contributed by atoms with Crippen molar-refractivity contribution in [3.05, 3.63) is 30.3 Å². The lowest BCUT2D eigenvalue weighted by molar-refractivity contribution is -0.123. The number of carbonyl (C=O) groups is 1. The molecule has 2 aliphatic heterocycles. The fourth-order valence-electron chi connectivity index (χ4n) is 4.04. The van der Waals surface area contributed by atoms with E-state index >= 15 is 0 Å². The van der Waals surface area contributed by atoms with Gasteiger partial charge in [-0.15, -0.1) is 0 Å². The second kappa shape index (κ2) is 7.53. The maximum absolute atomic E-state index is 11.5. The second-order valence-electron chi connectivity index (χ2n) is 6.92. The van der Waals surface area contributed by atoms with Crippen molar-refractivity contribution in [1.82, 2.24) is 10.2 Å². The van der Waals surface area contributed by atoms with E-state index in [2.05, 4.69) is 52.4 Å². The summed E-state index contributed by atoms with van der Waals surface area (Å²) in [4.78, 5) is 16.2. The van der Waals surface area contributed by atoms with Crippen LogP contribution in [0.25, 0.3) is 0 Å². The Balaban J connectivity index is 1.58. The van der Waals surface area contributed by atoms with E-state index in [4.69, 9.17) is 4.74 Å². The molecule has 5 nitrogen and oxygen atoms in total. The highest BCUT2D eigenvalue weighted by Crippen LogP contribution is 2.38. The summed E-state index contributed by atoms with van der Waals surface area (Å²) >= 11 is 0. The van der Waals surface area contributed by atoms with E-state index in [9.17, 15) is 4.79 Å². The molecule has 2 saturated heterocycles. The van der Waals surface area contributed by atoms with Crippen molar-refractivity contribution in [1.29, 1.82) is 0 Å². The molecule has 3 rings (SSSR count). The fraction of sp³-hybridized carbons (Fsp3) is 0.632. The largest absolute Gasteiger partial charge is 0.373 e. The number of hydrogen-bond acceptors (Lipinski definition) is 4. The van der Waals surface area contributed by atoms with E-state index in [1.165, 1.54) is 5.69 Å². The minimum atomic E-state index is 0.00601. The summed E-state index contributed by atoms with van der Waals surface area (Å²) in [7, 11) is 1.70. The molecule has 1 amide bonds. The van der Waals surface area contributed by atoms with Crippen LogP contribution in [0.5, 0.6) is 0 Å². The SMILES string of the molecule is CCN(c1ccccc1)C1COC2(CCN(CC(=O)NC)CC2)C1. The number of para-hydroxylation sites is 1. The number of hydrogen-bond donors (Lipinski definition) is 1. The molecule has 24 heavy (non-hydrogen) atoms. The maximum Gasteiger partial charge on any atom is 0.233 e.